The molecule has 1 fully saturated rings. The predicted octanol–water partition coefficient (Wildman–Crippen LogP) is 2.76. The minimum atomic E-state index is -0.457. The molecule has 1 saturated heterocycles. The molecule has 2 aromatic rings. The van der Waals surface area contributed by atoms with Gasteiger partial charge in [0.1, 0.15) is 0 Å². The van der Waals surface area contributed by atoms with Gasteiger partial charge in [0.15, 0.2) is 0 Å². The van der Waals surface area contributed by atoms with Crippen LogP contribution in [0.5, 0.6) is 0 Å². The lowest BCUT2D eigenvalue weighted by Crippen LogP contribution is -2.35. The van der Waals surface area contributed by atoms with Crippen LogP contribution in [0.1, 0.15) is 16.7 Å². The Balaban J connectivity index is 1.52. The summed E-state index contributed by atoms with van der Waals surface area (Å²) in [5, 5.41) is 13.6. The molecule has 1 amide bonds. The molecule has 1 heterocycles. The van der Waals surface area contributed by atoms with Crippen LogP contribution in [0.4, 0.5) is 5.69 Å². The van der Waals surface area contributed by atoms with Gasteiger partial charge < -0.3 is 10.1 Å². The highest BCUT2D eigenvalue weighted by atomic mass is 16.6. The molecule has 0 bridgehead atoms. The quantitative estimate of drug-likeness (QED) is 0.453. The summed E-state index contributed by atoms with van der Waals surface area (Å²) in [5.41, 5.74) is 2.85. The Bertz CT molecular complexity index is 860. The standard InChI is InChI=1S/C21H23N3O4/c25-21(8-7-17-3-2-6-20(14-17)24(26)27)22-15-18-4-1-5-19(13-18)16-23-9-11-28-12-10-23/h1-8,13-14H,9-12,15-16H2,(H,22,25)/b8-7+. The van der Waals surface area contributed by atoms with E-state index in [1.54, 1.807) is 18.2 Å². The Morgan fingerprint density at radius 3 is 2.68 bits per heavy atom. The van der Waals surface area contributed by atoms with E-state index in [1.165, 1.54) is 23.8 Å². The smallest absolute Gasteiger partial charge is 0.270 e. The fourth-order valence-electron chi connectivity index (χ4n) is 3.02. The molecule has 0 unspecified atom stereocenters. The number of morpholine rings is 1. The van der Waals surface area contributed by atoms with E-state index in [2.05, 4.69) is 22.3 Å². The maximum atomic E-state index is 12.1. The molecule has 0 aliphatic carbocycles. The molecule has 0 aromatic heterocycles. The van der Waals surface area contributed by atoms with Gasteiger partial charge in [-0.1, -0.05) is 36.4 Å². The van der Waals surface area contributed by atoms with Crippen LogP contribution >= 0.6 is 0 Å². The number of hydrogen-bond donors (Lipinski definition) is 1. The second kappa shape index (κ2) is 9.77. The Morgan fingerprint density at radius 2 is 1.89 bits per heavy atom. The predicted molar refractivity (Wildman–Crippen MR) is 107 cm³/mol. The average Bonchev–Trinajstić information content (AvgIpc) is 2.72. The summed E-state index contributed by atoms with van der Waals surface area (Å²) in [5.74, 6) is -0.245. The molecule has 1 aliphatic heterocycles. The van der Waals surface area contributed by atoms with Crippen molar-refractivity contribution in [2.24, 2.45) is 0 Å². The lowest BCUT2D eigenvalue weighted by Gasteiger charge is -2.26. The number of carbonyl (C=O) groups excluding carboxylic acids is 1. The topological polar surface area (TPSA) is 84.7 Å². The van der Waals surface area contributed by atoms with E-state index in [1.807, 2.05) is 12.1 Å². The number of benzene rings is 2. The molecule has 146 valence electrons. The minimum Gasteiger partial charge on any atom is -0.379 e. The zero-order valence-corrected chi connectivity index (χ0v) is 15.5. The third-order valence-corrected chi connectivity index (χ3v) is 4.48. The average molecular weight is 381 g/mol. The minimum absolute atomic E-state index is 0.000332. The fourth-order valence-corrected chi connectivity index (χ4v) is 3.02. The number of nitro groups is 1. The molecule has 3 rings (SSSR count). The van der Waals surface area contributed by atoms with Gasteiger partial charge in [-0.05, 0) is 22.8 Å². The van der Waals surface area contributed by atoms with Crippen LogP contribution in [0, 0.1) is 10.1 Å². The van der Waals surface area contributed by atoms with Gasteiger partial charge in [0, 0.05) is 44.4 Å². The fraction of sp³-hybridized carbons (Fsp3) is 0.286. The van der Waals surface area contributed by atoms with Crippen molar-refractivity contribution in [1.29, 1.82) is 0 Å². The summed E-state index contributed by atoms with van der Waals surface area (Å²) in [7, 11) is 0. The van der Waals surface area contributed by atoms with Crippen LogP contribution in [0.3, 0.4) is 0 Å². The zero-order chi connectivity index (χ0) is 19.8. The molecule has 0 saturated carbocycles. The SMILES string of the molecule is O=C(/C=C/c1cccc([N+](=O)[O-])c1)NCc1cccc(CN2CCOCC2)c1. The number of carbonyl (C=O) groups is 1. The van der Waals surface area contributed by atoms with Crippen LogP contribution in [0.15, 0.2) is 54.6 Å². The number of nitrogens with one attached hydrogen (secondary N) is 1. The Labute approximate surface area is 163 Å². The number of amides is 1. The van der Waals surface area contributed by atoms with Gasteiger partial charge >= 0.3 is 0 Å². The van der Waals surface area contributed by atoms with Crippen molar-refractivity contribution in [3.05, 3.63) is 81.4 Å². The van der Waals surface area contributed by atoms with Gasteiger partial charge in [0.05, 0.1) is 18.1 Å². The first kappa shape index (κ1) is 19.7. The van der Waals surface area contributed by atoms with Gasteiger partial charge in [-0.3, -0.25) is 19.8 Å². The van der Waals surface area contributed by atoms with Crippen LogP contribution in [0.2, 0.25) is 0 Å². The number of ether oxygens (including phenoxy) is 1. The molecule has 0 spiro atoms. The van der Waals surface area contributed by atoms with E-state index in [-0.39, 0.29) is 11.6 Å². The van der Waals surface area contributed by atoms with Gasteiger partial charge in [0.2, 0.25) is 5.91 Å². The van der Waals surface area contributed by atoms with E-state index in [9.17, 15) is 14.9 Å². The first-order valence-corrected chi connectivity index (χ1v) is 9.18. The van der Waals surface area contributed by atoms with Crippen molar-refractivity contribution in [2.45, 2.75) is 13.1 Å². The largest absolute Gasteiger partial charge is 0.379 e. The lowest BCUT2D eigenvalue weighted by atomic mass is 10.1. The highest BCUT2D eigenvalue weighted by molar-refractivity contribution is 5.91. The monoisotopic (exact) mass is 381 g/mol. The number of hydrogen-bond acceptors (Lipinski definition) is 5. The van der Waals surface area contributed by atoms with Crippen LogP contribution in [0.25, 0.3) is 6.08 Å². The van der Waals surface area contributed by atoms with Crippen molar-refractivity contribution in [1.82, 2.24) is 10.2 Å². The summed E-state index contributed by atoms with van der Waals surface area (Å²) < 4.78 is 5.37. The van der Waals surface area contributed by atoms with Crippen molar-refractivity contribution >= 4 is 17.7 Å². The van der Waals surface area contributed by atoms with Gasteiger partial charge in [-0.2, -0.15) is 0 Å². The number of nitrogens with zero attached hydrogens (tertiary/aromatic N) is 2. The molecule has 1 N–H and O–H groups in total. The second-order valence-corrected chi connectivity index (χ2v) is 6.61. The molecule has 0 atom stereocenters. The molecular formula is C21H23N3O4. The first-order valence-electron chi connectivity index (χ1n) is 9.18. The summed E-state index contributed by atoms with van der Waals surface area (Å²) in [6.45, 7) is 4.71. The number of rotatable bonds is 7. The lowest BCUT2D eigenvalue weighted by molar-refractivity contribution is -0.384. The first-order chi connectivity index (χ1) is 13.6. The van der Waals surface area contributed by atoms with E-state index in [4.69, 9.17) is 4.74 Å². The maximum Gasteiger partial charge on any atom is 0.270 e. The van der Waals surface area contributed by atoms with Crippen molar-refractivity contribution in [3.8, 4) is 0 Å². The van der Waals surface area contributed by atoms with Crippen LogP contribution < -0.4 is 5.32 Å². The molecule has 1 aliphatic rings. The van der Waals surface area contributed by atoms with E-state index >= 15 is 0 Å². The third-order valence-electron chi connectivity index (χ3n) is 4.48. The third kappa shape index (κ3) is 6.00. The van der Waals surface area contributed by atoms with Gasteiger partial charge in [-0.25, -0.2) is 0 Å². The second-order valence-electron chi connectivity index (χ2n) is 6.61. The van der Waals surface area contributed by atoms with E-state index < -0.39 is 4.92 Å². The normalized spacial score (nSPS) is 14.9. The maximum absolute atomic E-state index is 12.1. The Kier molecular flexibility index (Phi) is 6.89. The Morgan fingerprint density at radius 1 is 1.14 bits per heavy atom. The molecule has 7 nitrogen and oxygen atoms in total. The molecule has 0 radical (unpaired) electrons. The number of non-ortho nitro benzene ring substituents is 1. The summed E-state index contributed by atoms with van der Waals surface area (Å²) in [6, 6.07) is 14.3. The zero-order valence-electron chi connectivity index (χ0n) is 15.5. The molecule has 7 heteroatoms. The van der Waals surface area contributed by atoms with Crippen LogP contribution in [-0.4, -0.2) is 42.0 Å². The summed E-state index contributed by atoms with van der Waals surface area (Å²) in [6.07, 6.45) is 2.95. The highest BCUT2D eigenvalue weighted by Gasteiger charge is 2.11. The number of nitro benzene ring substituents is 1. The summed E-state index contributed by atoms with van der Waals surface area (Å²) in [4.78, 5) is 24.7. The van der Waals surface area contributed by atoms with Gasteiger partial charge in [-0.15, -0.1) is 0 Å². The van der Waals surface area contributed by atoms with E-state index in [0.29, 0.717) is 12.1 Å². The van der Waals surface area contributed by atoms with Crippen molar-refractivity contribution in [3.63, 3.8) is 0 Å². The van der Waals surface area contributed by atoms with Crippen molar-refractivity contribution < 1.29 is 14.5 Å². The van der Waals surface area contributed by atoms with Crippen LogP contribution in [-0.2, 0) is 22.6 Å². The highest BCUT2D eigenvalue weighted by Crippen LogP contribution is 2.14. The molecule has 28 heavy (non-hydrogen) atoms. The van der Waals surface area contributed by atoms with Gasteiger partial charge in [0.25, 0.3) is 5.69 Å². The summed E-state index contributed by atoms with van der Waals surface area (Å²) >= 11 is 0. The molecule has 2 aromatic carbocycles. The van der Waals surface area contributed by atoms with Crippen molar-refractivity contribution in [2.75, 3.05) is 26.3 Å². The Hall–Kier alpha value is -3.03. The molecular weight excluding hydrogens is 358 g/mol. The van der Waals surface area contributed by atoms with E-state index in [0.717, 1.165) is 38.4 Å².